The van der Waals surface area contributed by atoms with Crippen molar-refractivity contribution in [3.8, 4) is 17.9 Å². The van der Waals surface area contributed by atoms with Crippen molar-refractivity contribution in [3.05, 3.63) is 40.6 Å². The Balaban J connectivity index is 2.70. The molecule has 0 aliphatic rings. The van der Waals surface area contributed by atoms with Crippen LogP contribution in [0, 0.1) is 22.7 Å². The number of nitrogens with zero attached hydrogens (tertiary/aromatic N) is 2. The maximum Gasteiger partial charge on any atom is 0.151 e. The molecule has 16 heavy (non-hydrogen) atoms. The first-order chi connectivity index (χ1) is 7.67. The molecule has 0 bridgehead atoms. The van der Waals surface area contributed by atoms with Crippen LogP contribution in [-0.4, -0.2) is 6.61 Å². The van der Waals surface area contributed by atoms with E-state index < -0.39 is 0 Å². The number of allylic oxidation sites excluding steroid dienone is 1. The van der Waals surface area contributed by atoms with Crippen LogP contribution in [-0.2, 0) is 0 Å². The first-order valence-electron chi connectivity index (χ1n) is 4.34. The van der Waals surface area contributed by atoms with E-state index in [1.807, 2.05) is 0 Å². The molecule has 0 aliphatic carbocycles. The van der Waals surface area contributed by atoms with E-state index in [1.165, 1.54) is 0 Å². The zero-order chi connectivity index (χ0) is 12.0. The largest absolute Gasteiger partial charge is 0.487 e. The Labute approximate surface area is 98.1 Å². The third-order valence-corrected chi connectivity index (χ3v) is 1.97. The minimum absolute atomic E-state index is 0.0171. The van der Waals surface area contributed by atoms with Gasteiger partial charge in [0.1, 0.15) is 24.5 Å². The summed E-state index contributed by atoms with van der Waals surface area (Å²) in [5.74, 6) is 0.533. The molecule has 0 amide bonds. The zero-order valence-corrected chi connectivity index (χ0v) is 9.03. The lowest BCUT2D eigenvalue weighted by Gasteiger charge is -2.06. The highest BCUT2D eigenvalue weighted by molar-refractivity contribution is 6.30. The summed E-state index contributed by atoms with van der Waals surface area (Å²) in [5, 5.41) is 17.6. The van der Waals surface area contributed by atoms with Crippen molar-refractivity contribution < 1.29 is 4.74 Å². The van der Waals surface area contributed by atoms with Crippen LogP contribution in [0.2, 0.25) is 5.02 Å². The van der Waals surface area contributed by atoms with Gasteiger partial charge >= 0.3 is 0 Å². The van der Waals surface area contributed by atoms with Gasteiger partial charge in [0.25, 0.3) is 0 Å². The SMILES string of the molecule is N#CC(C#N)=C(N)COc1cccc(Cl)c1. The van der Waals surface area contributed by atoms with E-state index in [2.05, 4.69) is 0 Å². The topological polar surface area (TPSA) is 82.8 Å². The Morgan fingerprint density at radius 2 is 2.06 bits per heavy atom. The minimum atomic E-state index is -0.137. The lowest BCUT2D eigenvalue weighted by Crippen LogP contribution is -2.11. The summed E-state index contributed by atoms with van der Waals surface area (Å²) < 4.78 is 5.26. The minimum Gasteiger partial charge on any atom is -0.487 e. The number of benzene rings is 1. The molecule has 2 N–H and O–H groups in total. The summed E-state index contributed by atoms with van der Waals surface area (Å²) in [6, 6.07) is 10.1. The van der Waals surface area contributed by atoms with Crippen molar-refractivity contribution in [2.45, 2.75) is 0 Å². The van der Waals surface area contributed by atoms with Crippen LogP contribution in [0.3, 0.4) is 0 Å². The van der Waals surface area contributed by atoms with Crippen LogP contribution >= 0.6 is 11.6 Å². The first-order valence-corrected chi connectivity index (χ1v) is 4.72. The van der Waals surface area contributed by atoms with Crippen molar-refractivity contribution >= 4 is 11.6 Å². The average Bonchev–Trinajstić information content (AvgIpc) is 2.28. The number of hydrogen-bond acceptors (Lipinski definition) is 4. The van der Waals surface area contributed by atoms with E-state index in [0.717, 1.165) is 0 Å². The fourth-order valence-corrected chi connectivity index (χ4v) is 1.14. The lowest BCUT2D eigenvalue weighted by molar-refractivity contribution is 0.350. The normalized spacial score (nSPS) is 8.69. The predicted molar refractivity (Wildman–Crippen MR) is 59.4 cm³/mol. The number of nitriles is 2. The fourth-order valence-electron chi connectivity index (χ4n) is 0.959. The second-order valence-corrected chi connectivity index (χ2v) is 3.31. The van der Waals surface area contributed by atoms with Crippen LogP contribution in [0.4, 0.5) is 0 Å². The van der Waals surface area contributed by atoms with E-state index in [0.29, 0.717) is 10.8 Å². The summed E-state index contributed by atoms with van der Waals surface area (Å²) in [5.41, 5.74) is 5.47. The highest BCUT2D eigenvalue weighted by atomic mass is 35.5. The monoisotopic (exact) mass is 233 g/mol. The van der Waals surface area contributed by atoms with Gasteiger partial charge in [-0.1, -0.05) is 17.7 Å². The molecular formula is C11H8ClN3O. The second kappa shape index (κ2) is 5.65. The molecule has 1 aromatic rings. The fraction of sp³-hybridized carbons (Fsp3) is 0.0909. The maximum absolute atomic E-state index is 8.55. The van der Waals surface area contributed by atoms with Gasteiger partial charge in [-0.15, -0.1) is 0 Å². The van der Waals surface area contributed by atoms with E-state index in [9.17, 15) is 0 Å². The van der Waals surface area contributed by atoms with Crippen molar-refractivity contribution in [3.63, 3.8) is 0 Å². The number of ether oxygens (including phenoxy) is 1. The second-order valence-electron chi connectivity index (χ2n) is 2.87. The van der Waals surface area contributed by atoms with Crippen LogP contribution in [0.15, 0.2) is 35.5 Å². The molecule has 0 spiro atoms. The van der Waals surface area contributed by atoms with E-state index in [-0.39, 0.29) is 17.9 Å². The van der Waals surface area contributed by atoms with Crippen LogP contribution in [0.5, 0.6) is 5.75 Å². The van der Waals surface area contributed by atoms with Crippen molar-refractivity contribution in [1.82, 2.24) is 0 Å². The van der Waals surface area contributed by atoms with Crippen LogP contribution in [0.25, 0.3) is 0 Å². The molecule has 0 fully saturated rings. The summed E-state index contributed by atoms with van der Waals surface area (Å²) in [6.45, 7) is -0.0171. The quantitative estimate of drug-likeness (QED) is 0.810. The Morgan fingerprint density at radius 3 is 2.62 bits per heavy atom. The average molecular weight is 234 g/mol. The molecule has 1 aromatic carbocycles. The van der Waals surface area contributed by atoms with Gasteiger partial charge in [-0.3, -0.25) is 0 Å². The molecule has 0 radical (unpaired) electrons. The van der Waals surface area contributed by atoms with Crippen molar-refractivity contribution in [2.24, 2.45) is 5.73 Å². The van der Waals surface area contributed by atoms with Gasteiger partial charge in [-0.05, 0) is 18.2 Å². The summed E-state index contributed by atoms with van der Waals surface area (Å²) in [6.07, 6.45) is 0. The number of halogens is 1. The molecule has 80 valence electrons. The van der Waals surface area contributed by atoms with E-state index >= 15 is 0 Å². The van der Waals surface area contributed by atoms with Gasteiger partial charge in [-0.25, -0.2) is 0 Å². The van der Waals surface area contributed by atoms with Gasteiger partial charge in [0, 0.05) is 5.02 Å². The molecule has 0 heterocycles. The van der Waals surface area contributed by atoms with Crippen LogP contribution < -0.4 is 10.5 Å². The summed E-state index contributed by atoms with van der Waals surface area (Å²) in [4.78, 5) is 0. The third kappa shape index (κ3) is 3.20. The van der Waals surface area contributed by atoms with Gasteiger partial charge in [0.2, 0.25) is 0 Å². The highest BCUT2D eigenvalue weighted by Gasteiger charge is 2.02. The van der Waals surface area contributed by atoms with E-state index in [1.54, 1.807) is 36.4 Å². The molecule has 0 saturated heterocycles. The maximum atomic E-state index is 8.55. The summed E-state index contributed by atoms with van der Waals surface area (Å²) in [7, 11) is 0. The van der Waals surface area contributed by atoms with E-state index in [4.69, 9.17) is 32.6 Å². The van der Waals surface area contributed by atoms with Gasteiger partial charge in [0.15, 0.2) is 5.57 Å². The Morgan fingerprint density at radius 1 is 1.38 bits per heavy atom. The first kappa shape index (κ1) is 11.9. The molecule has 5 heteroatoms. The van der Waals surface area contributed by atoms with Crippen molar-refractivity contribution in [2.75, 3.05) is 6.61 Å². The standard InChI is InChI=1S/C11H8ClN3O/c12-9-2-1-3-10(4-9)16-7-11(15)8(5-13)6-14/h1-4H,7,15H2. The number of hydrogen-bond donors (Lipinski definition) is 1. The molecule has 0 aromatic heterocycles. The Kier molecular flexibility index (Phi) is 4.20. The van der Waals surface area contributed by atoms with Gasteiger partial charge in [-0.2, -0.15) is 10.5 Å². The van der Waals surface area contributed by atoms with Gasteiger partial charge < -0.3 is 10.5 Å². The Hall–Kier alpha value is -2.17. The summed E-state index contributed by atoms with van der Waals surface area (Å²) >= 11 is 5.75. The smallest absolute Gasteiger partial charge is 0.151 e. The Bertz CT molecular complexity index is 481. The molecule has 0 aliphatic heterocycles. The third-order valence-electron chi connectivity index (χ3n) is 1.74. The highest BCUT2D eigenvalue weighted by Crippen LogP contribution is 2.17. The number of rotatable bonds is 3. The predicted octanol–water partition coefficient (Wildman–Crippen LogP) is 1.98. The molecule has 0 unspecified atom stereocenters. The molecule has 1 rings (SSSR count). The zero-order valence-electron chi connectivity index (χ0n) is 8.27. The van der Waals surface area contributed by atoms with Crippen LogP contribution in [0.1, 0.15) is 0 Å². The molecular weight excluding hydrogens is 226 g/mol. The molecule has 0 atom stereocenters. The number of nitrogens with two attached hydrogens (primary N) is 1. The van der Waals surface area contributed by atoms with Crippen molar-refractivity contribution in [1.29, 1.82) is 10.5 Å². The molecule has 0 saturated carbocycles. The molecule has 4 nitrogen and oxygen atoms in total. The lowest BCUT2D eigenvalue weighted by atomic mass is 10.2. The van der Waals surface area contributed by atoms with Gasteiger partial charge in [0.05, 0.1) is 5.70 Å².